The van der Waals surface area contributed by atoms with Gasteiger partial charge in [-0.05, 0) is 62.3 Å². The Morgan fingerprint density at radius 1 is 0.575 bits per heavy atom. The van der Waals surface area contributed by atoms with E-state index in [1.807, 2.05) is 0 Å². The Morgan fingerprint density at radius 3 is 1.30 bits per heavy atom. The Bertz CT molecular complexity index is 873. The average Bonchev–Trinajstić information content (AvgIpc) is 2.69. The van der Waals surface area contributed by atoms with E-state index in [0.29, 0.717) is 0 Å². The van der Waals surface area contributed by atoms with Crippen LogP contribution in [0, 0.1) is 0 Å². The van der Waals surface area contributed by atoms with Gasteiger partial charge in [0.15, 0.2) is 0 Å². The summed E-state index contributed by atoms with van der Waals surface area (Å²) in [5.41, 5.74) is -2.38. The summed E-state index contributed by atoms with van der Waals surface area (Å²) >= 11 is 0. The zero-order valence-corrected chi connectivity index (χ0v) is 25.2. The third-order valence-corrected chi connectivity index (χ3v) is 4.66. The van der Waals surface area contributed by atoms with Gasteiger partial charge in [-0.2, -0.15) is 0 Å². The second kappa shape index (κ2) is 15.8. The molecule has 0 aliphatic carbocycles. The molecule has 0 spiro atoms. The molecule has 0 aromatic heterocycles. The van der Waals surface area contributed by atoms with Gasteiger partial charge in [0.1, 0.15) is 16.8 Å². The van der Waals surface area contributed by atoms with E-state index in [-0.39, 0.29) is 39.3 Å². The van der Waals surface area contributed by atoms with Gasteiger partial charge in [0.2, 0.25) is 6.23 Å². The first-order chi connectivity index (χ1) is 18.0. The van der Waals surface area contributed by atoms with E-state index in [2.05, 4.69) is 0 Å². The highest BCUT2D eigenvalue weighted by molar-refractivity contribution is 5.76. The molecule has 0 aliphatic rings. The van der Waals surface area contributed by atoms with Crippen LogP contribution in [0.2, 0.25) is 0 Å². The fourth-order valence-corrected chi connectivity index (χ4v) is 3.32. The summed E-state index contributed by atoms with van der Waals surface area (Å²) in [6.07, 6.45) is -2.02. The van der Waals surface area contributed by atoms with Crippen molar-refractivity contribution in [3.8, 4) is 0 Å². The molecule has 0 rings (SSSR count). The van der Waals surface area contributed by atoms with Gasteiger partial charge in [0.05, 0.1) is 26.2 Å². The molecular formula is C26H47N3O11. The minimum atomic E-state index is -2.02. The van der Waals surface area contributed by atoms with Crippen molar-refractivity contribution in [3.63, 3.8) is 0 Å². The Balaban J connectivity index is 5.72. The molecule has 40 heavy (non-hydrogen) atoms. The molecular weight excluding hydrogens is 530 g/mol. The topological polar surface area (TPSA) is 183 Å². The number of carboxylic acids is 2. The van der Waals surface area contributed by atoms with Crippen molar-refractivity contribution in [3.05, 3.63) is 0 Å². The third-order valence-electron chi connectivity index (χ3n) is 4.66. The molecule has 0 aliphatic heterocycles. The standard InChI is InChI=1S/C26H47N3O11/c1-24(2,3)38-19(32)15-27(10-11-28(14-18(30)31)16-20(33)39-25(4,5)6)12-13-29(22(35)23(36)37)17-21(34)40-26(7,8)9/h22,35H,10-17H2,1-9H3,(H,30,31)(H,36,37). The van der Waals surface area contributed by atoms with Crippen LogP contribution in [0.25, 0.3) is 0 Å². The number of nitrogens with zero attached hydrogens (tertiary/aromatic N) is 3. The smallest absolute Gasteiger partial charge is 0.348 e. The number of carbonyl (C=O) groups excluding carboxylic acids is 3. The van der Waals surface area contributed by atoms with E-state index >= 15 is 0 Å². The molecule has 0 fully saturated rings. The quantitative estimate of drug-likeness (QED) is 0.130. The Kier molecular flexibility index (Phi) is 14.7. The minimum Gasteiger partial charge on any atom is -0.480 e. The number of ether oxygens (including phenoxy) is 3. The van der Waals surface area contributed by atoms with Gasteiger partial charge in [0.25, 0.3) is 0 Å². The van der Waals surface area contributed by atoms with E-state index in [1.165, 1.54) is 4.90 Å². The Labute approximate surface area is 236 Å². The molecule has 14 heteroatoms. The number of aliphatic hydroxyl groups excluding tert-OH is 1. The van der Waals surface area contributed by atoms with Crippen LogP contribution in [0.1, 0.15) is 62.3 Å². The summed E-state index contributed by atoms with van der Waals surface area (Å²) in [5, 5.41) is 28.8. The molecule has 0 bridgehead atoms. The molecule has 0 heterocycles. The van der Waals surface area contributed by atoms with Gasteiger partial charge >= 0.3 is 29.8 Å². The lowest BCUT2D eigenvalue weighted by Crippen LogP contribution is -2.50. The zero-order chi connectivity index (χ0) is 31.5. The molecule has 232 valence electrons. The maximum Gasteiger partial charge on any atom is 0.348 e. The van der Waals surface area contributed by atoms with Gasteiger partial charge in [-0.25, -0.2) is 4.79 Å². The van der Waals surface area contributed by atoms with Crippen LogP contribution in [-0.2, 0) is 38.2 Å². The van der Waals surface area contributed by atoms with Crippen molar-refractivity contribution in [2.24, 2.45) is 0 Å². The van der Waals surface area contributed by atoms with Crippen molar-refractivity contribution in [1.29, 1.82) is 0 Å². The predicted molar refractivity (Wildman–Crippen MR) is 143 cm³/mol. The second-order valence-electron chi connectivity index (χ2n) is 12.3. The minimum absolute atomic E-state index is 0.0142. The SMILES string of the molecule is CC(C)(C)OC(=O)CN(CCN(CC(=O)O)CC(=O)OC(C)(C)C)CCN(CC(=O)OC(C)(C)C)C(O)C(=O)O. The normalized spacial score (nSPS) is 13.3. The molecule has 14 nitrogen and oxygen atoms in total. The van der Waals surface area contributed by atoms with E-state index in [9.17, 15) is 39.3 Å². The van der Waals surface area contributed by atoms with Gasteiger partial charge in [-0.1, -0.05) is 0 Å². The monoisotopic (exact) mass is 577 g/mol. The number of carbonyl (C=O) groups is 5. The highest BCUT2D eigenvalue weighted by Gasteiger charge is 2.29. The molecule has 0 saturated carbocycles. The molecule has 1 atom stereocenters. The maximum absolute atomic E-state index is 12.6. The van der Waals surface area contributed by atoms with Crippen molar-refractivity contribution >= 4 is 29.8 Å². The predicted octanol–water partition coefficient (Wildman–Crippen LogP) is 0.405. The first kappa shape index (κ1) is 37.2. The van der Waals surface area contributed by atoms with E-state index in [4.69, 9.17) is 14.2 Å². The molecule has 0 aromatic rings. The van der Waals surface area contributed by atoms with Gasteiger partial charge in [-0.3, -0.25) is 33.9 Å². The van der Waals surface area contributed by atoms with E-state index < -0.39 is 66.0 Å². The number of aliphatic hydroxyl groups is 1. The number of carboxylic acid groups (broad SMARTS) is 2. The first-order valence-corrected chi connectivity index (χ1v) is 12.9. The fraction of sp³-hybridized carbons (Fsp3) is 0.808. The number of aliphatic carboxylic acids is 2. The first-order valence-electron chi connectivity index (χ1n) is 12.9. The molecule has 0 amide bonds. The number of hydrogen-bond acceptors (Lipinski definition) is 12. The van der Waals surface area contributed by atoms with Crippen LogP contribution in [0.4, 0.5) is 0 Å². The van der Waals surface area contributed by atoms with Gasteiger partial charge in [-0.15, -0.1) is 0 Å². The van der Waals surface area contributed by atoms with Crippen LogP contribution in [0.15, 0.2) is 0 Å². The van der Waals surface area contributed by atoms with E-state index in [1.54, 1.807) is 67.2 Å². The average molecular weight is 578 g/mol. The van der Waals surface area contributed by atoms with E-state index in [0.717, 1.165) is 4.90 Å². The zero-order valence-electron chi connectivity index (χ0n) is 25.2. The summed E-state index contributed by atoms with van der Waals surface area (Å²) in [6, 6.07) is 0. The third kappa shape index (κ3) is 19.3. The summed E-state index contributed by atoms with van der Waals surface area (Å²) < 4.78 is 15.9. The lowest BCUT2D eigenvalue weighted by atomic mass is 10.2. The maximum atomic E-state index is 12.6. The lowest BCUT2D eigenvalue weighted by Gasteiger charge is -2.31. The molecule has 0 radical (unpaired) electrons. The fourth-order valence-electron chi connectivity index (χ4n) is 3.32. The van der Waals surface area contributed by atoms with Gasteiger partial charge in [0, 0.05) is 26.2 Å². The molecule has 3 N–H and O–H groups in total. The second-order valence-corrected chi connectivity index (χ2v) is 12.3. The van der Waals surface area contributed by atoms with Crippen molar-refractivity contribution in [1.82, 2.24) is 14.7 Å². The summed E-state index contributed by atoms with van der Waals surface area (Å²) in [5.74, 6) is -4.72. The summed E-state index contributed by atoms with van der Waals surface area (Å²) in [4.78, 5) is 63.9. The number of esters is 3. The van der Waals surface area contributed by atoms with Gasteiger partial charge < -0.3 is 29.5 Å². The molecule has 0 aromatic carbocycles. The summed E-state index contributed by atoms with van der Waals surface area (Å²) in [7, 11) is 0. The highest BCUT2D eigenvalue weighted by atomic mass is 16.6. The molecule has 1 unspecified atom stereocenters. The van der Waals surface area contributed by atoms with Crippen molar-refractivity contribution in [2.45, 2.75) is 85.3 Å². The van der Waals surface area contributed by atoms with Crippen LogP contribution < -0.4 is 0 Å². The summed E-state index contributed by atoms with van der Waals surface area (Å²) in [6.45, 7) is 13.4. The Hall–Kier alpha value is -2.81. The molecule has 0 saturated heterocycles. The largest absolute Gasteiger partial charge is 0.480 e. The van der Waals surface area contributed by atoms with Crippen molar-refractivity contribution < 1.29 is 53.5 Å². The number of rotatable bonds is 16. The Morgan fingerprint density at radius 2 is 0.925 bits per heavy atom. The lowest BCUT2D eigenvalue weighted by molar-refractivity contribution is -0.167. The van der Waals surface area contributed by atoms with Crippen LogP contribution in [-0.4, -0.2) is 135 Å². The van der Waals surface area contributed by atoms with Crippen LogP contribution in [0.3, 0.4) is 0 Å². The van der Waals surface area contributed by atoms with Crippen LogP contribution in [0.5, 0.6) is 0 Å². The highest BCUT2D eigenvalue weighted by Crippen LogP contribution is 2.11. The van der Waals surface area contributed by atoms with Crippen LogP contribution >= 0.6 is 0 Å². The van der Waals surface area contributed by atoms with Crippen molar-refractivity contribution in [2.75, 3.05) is 52.4 Å². The number of hydrogen-bond donors (Lipinski definition) is 3.